The molecule has 7 nitrogen and oxygen atoms in total. The SMILES string of the molecule is CC(=O)c1ccc(-c2nccc3[nH]c(-c4n[nH]c5ncc(-c6cccnc6)cc45)cc23)s1. The van der Waals surface area contributed by atoms with E-state index in [1.54, 1.807) is 19.3 Å². The summed E-state index contributed by atoms with van der Waals surface area (Å²) in [5, 5.41) is 9.45. The second-order valence-electron chi connectivity index (χ2n) is 7.46. The molecule has 0 aromatic carbocycles. The molecule has 6 heterocycles. The highest BCUT2D eigenvalue weighted by molar-refractivity contribution is 7.17. The first kappa shape index (κ1) is 18.6. The summed E-state index contributed by atoms with van der Waals surface area (Å²) in [7, 11) is 0. The molecule has 0 atom stereocenters. The van der Waals surface area contributed by atoms with Gasteiger partial charge in [-0.1, -0.05) is 6.07 Å². The molecule has 6 rings (SSSR count). The lowest BCUT2D eigenvalue weighted by molar-refractivity contribution is 0.102. The zero-order valence-electron chi connectivity index (χ0n) is 17.0. The summed E-state index contributed by atoms with van der Waals surface area (Å²) >= 11 is 1.45. The van der Waals surface area contributed by atoms with Gasteiger partial charge in [-0.2, -0.15) is 5.10 Å². The van der Waals surface area contributed by atoms with Crippen LogP contribution >= 0.6 is 11.3 Å². The second kappa shape index (κ2) is 7.21. The molecule has 0 amide bonds. The van der Waals surface area contributed by atoms with Crippen LogP contribution in [0, 0.1) is 0 Å². The molecule has 6 aromatic heterocycles. The Labute approximate surface area is 186 Å². The molecule has 2 N–H and O–H groups in total. The van der Waals surface area contributed by atoms with Crippen molar-refractivity contribution in [1.29, 1.82) is 0 Å². The number of ketones is 1. The van der Waals surface area contributed by atoms with Gasteiger partial charge in [-0.3, -0.25) is 19.9 Å². The number of carbonyl (C=O) groups is 1. The Balaban J connectivity index is 1.49. The van der Waals surface area contributed by atoms with E-state index in [1.807, 2.05) is 42.7 Å². The molecule has 0 saturated heterocycles. The van der Waals surface area contributed by atoms with Crippen molar-refractivity contribution in [2.45, 2.75) is 6.92 Å². The fraction of sp³-hybridized carbons (Fsp3) is 0.0417. The van der Waals surface area contributed by atoms with Crippen LogP contribution in [0.15, 0.2) is 67.3 Å². The number of Topliss-reactive ketones (excluding diaryl/α,β-unsaturated/α-hetero) is 1. The zero-order chi connectivity index (χ0) is 21.7. The summed E-state index contributed by atoms with van der Waals surface area (Å²) in [4.78, 5) is 30.2. The maximum atomic E-state index is 11.7. The first-order chi connectivity index (χ1) is 15.7. The second-order valence-corrected chi connectivity index (χ2v) is 8.54. The van der Waals surface area contributed by atoms with Gasteiger partial charge < -0.3 is 4.98 Å². The summed E-state index contributed by atoms with van der Waals surface area (Å²) in [6, 6.07) is 13.8. The number of thiophene rings is 1. The predicted molar refractivity (Wildman–Crippen MR) is 126 cm³/mol. The van der Waals surface area contributed by atoms with Crippen LogP contribution in [0.2, 0.25) is 0 Å². The Bertz CT molecular complexity index is 1610. The number of carbonyl (C=O) groups excluding carboxylic acids is 1. The van der Waals surface area contributed by atoms with Crippen LogP contribution in [-0.2, 0) is 0 Å². The third kappa shape index (κ3) is 3.00. The standard InChI is InChI=1S/C24H16N6OS/c1-13(31)20-4-5-21(32-20)23-16-10-19(28-18(16)6-8-26-23)22-17-9-15(12-27-24(17)30-29-22)14-3-2-7-25-11-14/h2-12,28H,1H3,(H,27,29,30). The molecule has 154 valence electrons. The smallest absolute Gasteiger partial charge is 0.169 e. The Kier molecular flexibility index (Phi) is 4.19. The summed E-state index contributed by atoms with van der Waals surface area (Å²) < 4.78 is 0. The maximum Gasteiger partial charge on any atom is 0.169 e. The van der Waals surface area contributed by atoms with Crippen molar-refractivity contribution in [2.75, 3.05) is 0 Å². The highest BCUT2D eigenvalue weighted by atomic mass is 32.1. The number of hydrogen-bond donors (Lipinski definition) is 2. The third-order valence-electron chi connectivity index (χ3n) is 5.40. The van der Waals surface area contributed by atoms with Gasteiger partial charge in [0.2, 0.25) is 0 Å². The van der Waals surface area contributed by atoms with Crippen molar-refractivity contribution >= 4 is 39.1 Å². The van der Waals surface area contributed by atoms with Crippen LogP contribution in [0.3, 0.4) is 0 Å². The lowest BCUT2D eigenvalue weighted by atomic mass is 10.1. The predicted octanol–water partition coefficient (Wildman–Crippen LogP) is 5.49. The van der Waals surface area contributed by atoms with Gasteiger partial charge in [0.05, 0.1) is 21.1 Å². The molecule has 0 saturated carbocycles. The highest BCUT2D eigenvalue weighted by Crippen LogP contribution is 2.36. The molecule has 32 heavy (non-hydrogen) atoms. The van der Waals surface area contributed by atoms with Crippen LogP contribution in [0.4, 0.5) is 0 Å². The molecule has 0 aliphatic rings. The number of pyridine rings is 3. The van der Waals surface area contributed by atoms with E-state index in [0.717, 1.165) is 54.3 Å². The first-order valence-electron chi connectivity index (χ1n) is 10.0. The molecule has 0 aliphatic carbocycles. The molecule has 0 fully saturated rings. The fourth-order valence-corrected chi connectivity index (χ4v) is 4.74. The van der Waals surface area contributed by atoms with Crippen LogP contribution in [0.25, 0.3) is 55.0 Å². The number of aromatic nitrogens is 6. The van der Waals surface area contributed by atoms with E-state index in [0.29, 0.717) is 5.65 Å². The Morgan fingerprint density at radius 2 is 1.88 bits per heavy atom. The average molecular weight is 437 g/mol. The fourth-order valence-electron chi connectivity index (χ4n) is 3.83. The van der Waals surface area contributed by atoms with Crippen molar-refractivity contribution < 1.29 is 4.79 Å². The molecular formula is C24H16N6OS. The van der Waals surface area contributed by atoms with Gasteiger partial charge in [0.25, 0.3) is 0 Å². The van der Waals surface area contributed by atoms with Gasteiger partial charge in [0, 0.05) is 52.2 Å². The average Bonchev–Trinajstić information content (AvgIpc) is 3.56. The number of fused-ring (bicyclic) bond motifs is 2. The summed E-state index contributed by atoms with van der Waals surface area (Å²) in [5.74, 6) is 0.0584. The van der Waals surface area contributed by atoms with Crippen molar-refractivity contribution in [3.63, 3.8) is 0 Å². The van der Waals surface area contributed by atoms with E-state index in [-0.39, 0.29) is 5.78 Å². The Morgan fingerprint density at radius 1 is 0.938 bits per heavy atom. The third-order valence-corrected chi connectivity index (χ3v) is 6.59. The van der Waals surface area contributed by atoms with E-state index in [2.05, 4.69) is 42.3 Å². The van der Waals surface area contributed by atoms with Gasteiger partial charge in [-0.25, -0.2) is 4.98 Å². The lowest BCUT2D eigenvalue weighted by Crippen LogP contribution is -1.83. The van der Waals surface area contributed by atoms with E-state index in [4.69, 9.17) is 0 Å². The number of rotatable bonds is 4. The topological polar surface area (TPSA) is 100 Å². The van der Waals surface area contributed by atoms with Gasteiger partial charge in [-0.05, 0) is 43.3 Å². The first-order valence-corrected chi connectivity index (χ1v) is 10.8. The maximum absolute atomic E-state index is 11.7. The molecule has 0 radical (unpaired) electrons. The van der Waals surface area contributed by atoms with E-state index < -0.39 is 0 Å². The van der Waals surface area contributed by atoms with Crippen LogP contribution in [0.5, 0.6) is 0 Å². The van der Waals surface area contributed by atoms with Gasteiger partial charge in [0.15, 0.2) is 11.4 Å². The quantitative estimate of drug-likeness (QED) is 0.356. The van der Waals surface area contributed by atoms with E-state index in [1.165, 1.54) is 11.3 Å². The molecular weight excluding hydrogens is 420 g/mol. The molecule has 0 unspecified atom stereocenters. The highest BCUT2D eigenvalue weighted by Gasteiger charge is 2.16. The van der Waals surface area contributed by atoms with E-state index in [9.17, 15) is 4.79 Å². The van der Waals surface area contributed by atoms with Crippen molar-refractivity contribution in [2.24, 2.45) is 0 Å². The Morgan fingerprint density at radius 3 is 2.69 bits per heavy atom. The Hall–Kier alpha value is -4.17. The van der Waals surface area contributed by atoms with Gasteiger partial charge >= 0.3 is 0 Å². The molecule has 0 aliphatic heterocycles. The van der Waals surface area contributed by atoms with Gasteiger partial charge in [-0.15, -0.1) is 11.3 Å². The number of H-pyrrole nitrogens is 2. The van der Waals surface area contributed by atoms with Crippen LogP contribution in [-0.4, -0.2) is 35.9 Å². The number of nitrogens with one attached hydrogen (secondary N) is 2. The molecule has 6 aromatic rings. The molecule has 8 heteroatoms. The number of nitrogens with zero attached hydrogens (tertiary/aromatic N) is 4. The van der Waals surface area contributed by atoms with Gasteiger partial charge in [0.1, 0.15) is 5.69 Å². The minimum Gasteiger partial charge on any atom is -0.353 e. The lowest BCUT2D eigenvalue weighted by Gasteiger charge is -2.01. The van der Waals surface area contributed by atoms with Crippen molar-refractivity contribution in [1.82, 2.24) is 30.1 Å². The summed E-state index contributed by atoms with van der Waals surface area (Å²) in [6.45, 7) is 1.58. The molecule has 0 bridgehead atoms. The number of aromatic amines is 2. The van der Waals surface area contributed by atoms with Crippen LogP contribution < -0.4 is 0 Å². The minimum atomic E-state index is 0.0584. The zero-order valence-corrected chi connectivity index (χ0v) is 17.8. The van der Waals surface area contributed by atoms with Crippen LogP contribution in [0.1, 0.15) is 16.6 Å². The number of hydrogen-bond acceptors (Lipinski definition) is 6. The molecule has 0 spiro atoms. The largest absolute Gasteiger partial charge is 0.353 e. The summed E-state index contributed by atoms with van der Waals surface area (Å²) in [6.07, 6.45) is 7.16. The van der Waals surface area contributed by atoms with E-state index >= 15 is 0 Å². The van der Waals surface area contributed by atoms with Crippen molar-refractivity contribution in [3.8, 4) is 33.1 Å². The minimum absolute atomic E-state index is 0.0584. The summed E-state index contributed by atoms with van der Waals surface area (Å²) in [5.41, 5.74) is 6.14. The normalized spacial score (nSPS) is 11.4. The monoisotopic (exact) mass is 436 g/mol. The van der Waals surface area contributed by atoms with Crippen molar-refractivity contribution in [3.05, 3.63) is 72.1 Å².